The number of benzene rings is 1. The Bertz CT molecular complexity index is 1020. The van der Waals surface area contributed by atoms with Gasteiger partial charge < -0.3 is 24.8 Å². The van der Waals surface area contributed by atoms with Crippen molar-refractivity contribution in [3.05, 3.63) is 42.2 Å². The quantitative estimate of drug-likeness (QED) is 0.334. The van der Waals surface area contributed by atoms with Crippen molar-refractivity contribution in [1.82, 2.24) is 19.5 Å². The molecule has 0 spiro atoms. The van der Waals surface area contributed by atoms with Crippen LogP contribution in [0.3, 0.4) is 0 Å². The standard InChI is InChI=1S/C18H23FN5O4P/c19-14-9-13(10-29(25,26)27)5-6-15(14)28-8-4-2-1-3-7-24-12-23-16-17(20)21-11-22-18(16)24/h5-6,9,11-12H,1-4,7-8,10H2,(H2,20,21,22)(H2,25,26,27). The second-order valence-corrected chi connectivity index (χ2v) is 8.36. The molecule has 0 radical (unpaired) electrons. The van der Waals surface area contributed by atoms with Crippen molar-refractivity contribution in [2.45, 2.75) is 38.4 Å². The summed E-state index contributed by atoms with van der Waals surface area (Å²) in [7, 11) is -4.22. The molecule has 2 aromatic heterocycles. The lowest BCUT2D eigenvalue weighted by Crippen LogP contribution is -2.01. The Morgan fingerprint density at radius 2 is 1.93 bits per heavy atom. The number of nitrogens with two attached hydrogens (primary N) is 1. The summed E-state index contributed by atoms with van der Waals surface area (Å²) >= 11 is 0. The third-order valence-corrected chi connectivity index (χ3v) is 5.14. The van der Waals surface area contributed by atoms with Crippen LogP contribution in [0, 0.1) is 5.82 Å². The van der Waals surface area contributed by atoms with E-state index in [2.05, 4.69) is 15.0 Å². The van der Waals surface area contributed by atoms with Gasteiger partial charge in [0.25, 0.3) is 0 Å². The third-order valence-electron chi connectivity index (χ3n) is 4.37. The van der Waals surface area contributed by atoms with Gasteiger partial charge in [-0.15, -0.1) is 0 Å². The molecule has 29 heavy (non-hydrogen) atoms. The summed E-state index contributed by atoms with van der Waals surface area (Å²) in [5, 5.41) is 0. The van der Waals surface area contributed by atoms with Gasteiger partial charge in [0.2, 0.25) is 0 Å². The minimum atomic E-state index is -4.22. The number of rotatable bonds is 10. The van der Waals surface area contributed by atoms with E-state index in [9.17, 15) is 8.96 Å². The number of halogens is 1. The van der Waals surface area contributed by atoms with Crippen LogP contribution in [-0.4, -0.2) is 35.9 Å². The zero-order chi connectivity index (χ0) is 20.9. The van der Waals surface area contributed by atoms with Crippen molar-refractivity contribution in [3.8, 4) is 5.75 Å². The van der Waals surface area contributed by atoms with Gasteiger partial charge in [-0.1, -0.05) is 18.9 Å². The van der Waals surface area contributed by atoms with Crippen molar-refractivity contribution in [2.75, 3.05) is 12.3 Å². The van der Waals surface area contributed by atoms with Gasteiger partial charge in [0, 0.05) is 6.54 Å². The van der Waals surface area contributed by atoms with Crippen molar-refractivity contribution in [2.24, 2.45) is 0 Å². The van der Waals surface area contributed by atoms with E-state index >= 15 is 0 Å². The fourth-order valence-corrected chi connectivity index (χ4v) is 3.65. The lowest BCUT2D eigenvalue weighted by molar-refractivity contribution is 0.289. The summed E-state index contributed by atoms with van der Waals surface area (Å²) in [4.78, 5) is 30.2. The number of unbranched alkanes of at least 4 members (excludes halogenated alkanes) is 3. The topological polar surface area (TPSA) is 136 Å². The van der Waals surface area contributed by atoms with Crippen LogP contribution in [0.2, 0.25) is 0 Å². The van der Waals surface area contributed by atoms with Crippen molar-refractivity contribution >= 4 is 24.6 Å². The molecule has 1 aromatic carbocycles. The number of aryl methyl sites for hydroxylation is 1. The van der Waals surface area contributed by atoms with Gasteiger partial charge in [0.1, 0.15) is 11.8 Å². The molecule has 156 valence electrons. The van der Waals surface area contributed by atoms with Crippen LogP contribution in [0.25, 0.3) is 11.2 Å². The summed E-state index contributed by atoms with van der Waals surface area (Å²) in [6.45, 7) is 1.13. The van der Waals surface area contributed by atoms with Gasteiger partial charge in [-0.2, -0.15) is 0 Å². The molecule has 0 saturated carbocycles. The fraction of sp³-hybridized carbons (Fsp3) is 0.389. The van der Waals surface area contributed by atoms with E-state index in [-0.39, 0.29) is 11.3 Å². The molecule has 0 aliphatic rings. The molecule has 9 nitrogen and oxygen atoms in total. The maximum absolute atomic E-state index is 14.0. The lowest BCUT2D eigenvalue weighted by atomic mass is 10.2. The molecule has 2 heterocycles. The SMILES string of the molecule is Nc1ncnc2c1ncn2CCCCCCOc1ccc(CP(=O)(O)O)cc1F. The smallest absolute Gasteiger partial charge is 0.329 e. The van der Waals surface area contributed by atoms with Crippen LogP contribution in [0.1, 0.15) is 31.2 Å². The van der Waals surface area contributed by atoms with E-state index in [0.29, 0.717) is 17.9 Å². The number of nitrogens with zero attached hydrogens (tertiary/aromatic N) is 4. The highest BCUT2D eigenvalue weighted by Gasteiger charge is 2.15. The predicted molar refractivity (Wildman–Crippen MR) is 106 cm³/mol. The van der Waals surface area contributed by atoms with Gasteiger partial charge >= 0.3 is 7.60 Å². The molecule has 11 heteroatoms. The average Bonchev–Trinajstić information content (AvgIpc) is 3.06. The first-order chi connectivity index (χ1) is 13.8. The Balaban J connectivity index is 1.37. The Morgan fingerprint density at radius 1 is 1.14 bits per heavy atom. The number of fused-ring (bicyclic) bond motifs is 1. The van der Waals surface area contributed by atoms with E-state index in [1.165, 1.54) is 18.5 Å². The maximum atomic E-state index is 14.0. The van der Waals surface area contributed by atoms with Crippen molar-refractivity contribution in [1.29, 1.82) is 0 Å². The van der Waals surface area contributed by atoms with Crippen molar-refractivity contribution in [3.63, 3.8) is 0 Å². The Morgan fingerprint density at radius 3 is 2.69 bits per heavy atom. The van der Waals surface area contributed by atoms with E-state index in [1.807, 2.05) is 4.57 Å². The molecular formula is C18H23FN5O4P. The van der Waals surface area contributed by atoms with E-state index in [4.69, 9.17) is 20.3 Å². The molecule has 4 N–H and O–H groups in total. The third kappa shape index (κ3) is 5.96. The molecule has 0 saturated heterocycles. The number of imidazole rings is 1. The zero-order valence-electron chi connectivity index (χ0n) is 15.7. The monoisotopic (exact) mass is 423 g/mol. The summed E-state index contributed by atoms with van der Waals surface area (Å²) in [6, 6.07) is 3.96. The first-order valence-corrected chi connectivity index (χ1v) is 11.0. The van der Waals surface area contributed by atoms with Crippen molar-refractivity contribution < 1.29 is 23.5 Å². The van der Waals surface area contributed by atoms with Crippen LogP contribution < -0.4 is 10.5 Å². The Hall–Kier alpha value is -2.55. The largest absolute Gasteiger partial charge is 0.491 e. The molecule has 0 atom stereocenters. The molecule has 3 rings (SSSR count). The molecule has 0 unspecified atom stereocenters. The summed E-state index contributed by atoms with van der Waals surface area (Å²) < 4.78 is 32.3. The second-order valence-electron chi connectivity index (χ2n) is 6.72. The van der Waals surface area contributed by atoms with Crippen LogP contribution in [0.15, 0.2) is 30.9 Å². The molecule has 0 fully saturated rings. The highest BCUT2D eigenvalue weighted by Crippen LogP contribution is 2.39. The Kier molecular flexibility index (Phi) is 6.79. The molecule has 0 bridgehead atoms. The first-order valence-electron chi connectivity index (χ1n) is 9.20. The molecule has 0 amide bonds. The van der Waals surface area contributed by atoms with E-state index in [1.54, 1.807) is 6.33 Å². The molecule has 3 aromatic rings. The zero-order valence-corrected chi connectivity index (χ0v) is 16.6. The van der Waals surface area contributed by atoms with Crippen LogP contribution in [0.5, 0.6) is 5.75 Å². The lowest BCUT2D eigenvalue weighted by Gasteiger charge is -2.09. The van der Waals surface area contributed by atoms with Gasteiger partial charge in [0.05, 0.1) is 19.1 Å². The van der Waals surface area contributed by atoms with Gasteiger partial charge in [-0.3, -0.25) is 4.57 Å². The van der Waals surface area contributed by atoms with Gasteiger partial charge in [-0.05, 0) is 30.5 Å². The Labute approximate surface area is 166 Å². The number of aromatic nitrogens is 4. The summed E-state index contributed by atoms with van der Waals surface area (Å²) in [5.41, 5.74) is 7.34. The number of hydrogen-bond donors (Lipinski definition) is 3. The minimum absolute atomic E-state index is 0.0848. The second kappa shape index (κ2) is 9.30. The maximum Gasteiger partial charge on any atom is 0.329 e. The molecule has 0 aliphatic carbocycles. The van der Waals surface area contributed by atoms with Crippen LogP contribution in [0.4, 0.5) is 10.2 Å². The number of anilines is 1. The molecule has 0 aliphatic heterocycles. The summed E-state index contributed by atoms with van der Waals surface area (Å²) in [6.07, 6.45) is 6.22. The number of ether oxygens (including phenoxy) is 1. The highest BCUT2D eigenvalue weighted by atomic mass is 31.2. The highest BCUT2D eigenvalue weighted by molar-refractivity contribution is 7.50. The fourth-order valence-electron chi connectivity index (χ4n) is 2.98. The van der Waals surface area contributed by atoms with E-state index in [0.717, 1.165) is 43.9 Å². The van der Waals surface area contributed by atoms with Gasteiger partial charge in [-0.25, -0.2) is 19.3 Å². The van der Waals surface area contributed by atoms with Crippen LogP contribution in [-0.2, 0) is 17.3 Å². The van der Waals surface area contributed by atoms with Gasteiger partial charge in [0.15, 0.2) is 23.0 Å². The first kappa shape index (κ1) is 21.2. The molecular weight excluding hydrogens is 400 g/mol. The number of nitrogen functional groups attached to an aromatic ring is 1. The number of hydrogen-bond acceptors (Lipinski definition) is 6. The average molecular weight is 423 g/mol. The van der Waals surface area contributed by atoms with E-state index < -0.39 is 19.6 Å². The van der Waals surface area contributed by atoms with Crippen LogP contribution >= 0.6 is 7.60 Å². The normalized spacial score (nSPS) is 11.8. The summed E-state index contributed by atoms with van der Waals surface area (Å²) in [5.74, 6) is -0.168. The predicted octanol–water partition coefficient (Wildman–Crippen LogP) is 2.86. The minimum Gasteiger partial charge on any atom is -0.491 e.